The molecule has 1 heterocycles. The van der Waals surface area contributed by atoms with Gasteiger partial charge in [-0.25, -0.2) is 0 Å². The third-order valence-corrected chi connectivity index (χ3v) is 4.43. The first-order chi connectivity index (χ1) is 11.7. The third-order valence-electron chi connectivity index (χ3n) is 4.43. The highest BCUT2D eigenvalue weighted by Crippen LogP contribution is 2.33. The lowest BCUT2D eigenvalue weighted by molar-refractivity contribution is -0.0759. The Kier molecular flexibility index (Phi) is 7.82. The van der Waals surface area contributed by atoms with Gasteiger partial charge < -0.3 is 24.1 Å². The fraction of sp³-hybridized carbons (Fsp3) is 0.684. The van der Waals surface area contributed by atoms with E-state index in [9.17, 15) is 5.11 Å². The molecule has 2 unspecified atom stereocenters. The lowest BCUT2D eigenvalue weighted by Crippen LogP contribution is -2.20. The summed E-state index contributed by atoms with van der Waals surface area (Å²) in [4.78, 5) is 0. The number of hydrogen-bond acceptors (Lipinski definition) is 5. The van der Waals surface area contributed by atoms with Crippen molar-refractivity contribution in [3.63, 3.8) is 0 Å². The van der Waals surface area contributed by atoms with E-state index < -0.39 is 6.29 Å². The molecule has 0 amide bonds. The minimum absolute atomic E-state index is 0.0570. The smallest absolute Gasteiger partial charge is 0.184 e. The molecule has 0 saturated carbocycles. The number of benzene rings is 1. The van der Waals surface area contributed by atoms with E-state index in [2.05, 4.69) is 13.8 Å². The van der Waals surface area contributed by atoms with Crippen LogP contribution in [0, 0.1) is 5.92 Å². The highest BCUT2D eigenvalue weighted by molar-refractivity contribution is 5.42. The lowest BCUT2D eigenvalue weighted by Gasteiger charge is -2.17. The van der Waals surface area contributed by atoms with E-state index in [1.165, 1.54) is 26.4 Å². The van der Waals surface area contributed by atoms with Crippen LogP contribution in [0.3, 0.4) is 0 Å². The fourth-order valence-corrected chi connectivity index (χ4v) is 2.82. The molecule has 0 radical (unpaired) electrons. The van der Waals surface area contributed by atoms with Crippen molar-refractivity contribution >= 4 is 0 Å². The normalized spacial score (nSPS) is 21.8. The van der Waals surface area contributed by atoms with E-state index in [4.69, 9.17) is 18.9 Å². The number of rotatable bonds is 10. The summed E-state index contributed by atoms with van der Waals surface area (Å²) in [5, 5.41) is 9.66. The van der Waals surface area contributed by atoms with Gasteiger partial charge in [-0.15, -0.1) is 0 Å². The van der Waals surface area contributed by atoms with Crippen LogP contribution in [0.1, 0.15) is 51.4 Å². The van der Waals surface area contributed by atoms with Crippen LogP contribution >= 0.6 is 0 Å². The molecule has 3 atom stereocenters. The van der Waals surface area contributed by atoms with Gasteiger partial charge >= 0.3 is 0 Å². The molecule has 5 nitrogen and oxygen atoms in total. The summed E-state index contributed by atoms with van der Waals surface area (Å²) in [6.07, 6.45) is 4.38. The van der Waals surface area contributed by atoms with E-state index in [1.807, 2.05) is 0 Å². The maximum atomic E-state index is 9.66. The Morgan fingerprint density at radius 3 is 2.88 bits per heavy atom. The molecule has 2 rings (SSSR count). The van der Waals surface area contributed by atoms with Gasteiger partial charge in [-0.2, -0.15) is 0 Å². The molecule has 1 aromatic rings. The first-order valence-electron chi connectivity index (χ1n) is 8.89. The lowest BCUT2D eigenvalue weighted by atomic mass is 10.0. The summed E-state index contributed by atoms with van der Waals surface area (Å²) < 4.78 is 22.6. The monoisotopic (exact) mass is 338 g/mol. The Bertz CT molecular complexity index is 491. The average Bonchev–Trinajstić information content (AvgIpc) is 3.07. The standard InChI is InChI=1S/C19H30O5/c1-4-6-7-14(5-2)11-22-12-16-13-23-19(24-16)15-8-9-17(20)18(10-15)21-3/h8-10,14,16,19-20H,4-7,11-13H2,1-3H3/t14?,16-,19?/m1/s1. The number of aromatic hydroxyl groups is 1. The van der Waals surface area contributed by atoms with Gasteiger partial charge in [0.25, 0.3) is 0 Å². The molecule has 136 valence electrons. The summed E-state index contributed by atoms with van der Waals surface area (Å²) in [7, 11) is 1.52. The van der Waals surface area contributed by atoms with E-state index >= 15 is 0 Å². The molecule has 1 aromatic carbocycles. The Labute approximate surface area is 144 Å². The second-order valence-corrected chi connectivity index (χ2v) is 6.31. The molecule has 0 aliphatic carbocycles. The van der Waals surface area contributed by atoms with Gasteiger partial charge in [0.1, 0.15) is 6.10 Å². The molecule has 1 fully saturated rings. The molecule has 1 N–H and O–H groups in total. The first kappa shape index (κ1) is 19.0. The van der Waals surface area contributed by atoms with Gasteiger partial charge in [0, 0.05) is 12.2 Å². The molecule has 1 aliphatic heterocycles. The zero-order valence-corrected chi connectivity index (χ0v) is 15.0. The SMILES string of the molecule is CCCCC(CC)COC[C@@H]1COC(c2ccc(O)c(OC)c2)O1. The largest absolute Gasteiger partial charge is 0.504 e. The van der Waals surface area contributed by atoms with E-state index in [0.29, 0.717) is 24.9 Å². The van der Waals surface area contributed by atoms with Crippen LogP contribution in [-0.2, 0) is 14.2 Å². The summed E-state index contributed by atoms with van der Waals surface area (Å²) in [6.45, 7) is 6.28. The van der Waals surface area contributed by atoms with Crippen molar-refractivity contribution in [3.8, 4) is 11.5 Å². The molecule has 0 aromatic heterocycles. The Balaban J connectivity index is 1.76. The topological polar surface area (TPSA) is 57.2 Å². The van der Waals surface area contributed by atoms with Crippen molar-refractivity contribution in [2.75, 3.05) is 26.9 Å². The van der Waals surface area contributed by atoms with Crippen LogP contribution in [0.25, 0.3) is 0 Å². The number of hydrogen-bond donors (Lipinski definition) is 1. The number of methoxy groups -OCH3 is 1. The zero-order chi connectivity index (χ0) is 17.4. The van der Waals surface area contributed by atoms with Crippen LogP contribution in [0.2, 0.25) is 0 Å². The van der Waals surface area contributed by atoms with Crippen molar-refractivity contribution < 1.29 is 24.1 Å². The van der Waals surface area contributed by atoms with Crippen molar-refractivity contribution in [2.45, 2.75) is 51.9 Å². The predicted molar refractivity (Wildman–Crippen MR) is 92.3 cm³/mol. The maximum Gasteiger partial charge on any atom is 0.184 e. The van der Waals surface area contributed by atoms with Crippen LogP contribution in [0.15, 0.2) is 18.2 Å². The molecule has 0 spiro atoms. The Morgan fingerprint density at radius 2 is 2.17 bits per heavy atom. The zero-order valence-electron chi connectivity index (χ0n) is 15.0. The highest BCUT2D eigenvalue weighted by atomic mass is 16.7. The first-order valence-corrected chi connectivity index (χ1v) is 8.89. The van der Waals surface area contributed by atoms with Crippen LogP contribution in [0.4, 0.5) is 0 Å². The molecule has 0 bridgehead atoms. The fourth-order valence-electron chi connectivity index (χ4n) is 2.82. The van der Waals surface area contributed by atoms with Crippen molar-refractivity contribution in [2.24, 2.45) is 5.92 Å². The quantitative estimate of drug-likeness (QED) is 0.697. The highest BCUT2D eigenvalue weighted by Gasteiger charge is 2.28. The average molecular weight is 338 g/mol. The van der Waals surface area contributed by atoms with Gasteiger partial charge in [0.15, 0.2) is 17.8 Å². The van der Waals surface area contributed by atoms with Crippen molar-refractivity contribution in [1.82, 2.24) is 0 Å². The molecule has 1 aliphatic rings. The van der Waals surface area contributed by atoms with Gasteiger partial charge in [-0.3, -0.25) is 0 Å². The van der Waals surface area contributed by atoms with E-state index in [-0.39, 0.29) is 11.9 Å². The van der Waals surface area contributed by atoms with E-state index in [0.717, 1.165) is 18.6 Å². The van der Waals surface area contributed by atoms with Gasteiger partial charge in [0.2, 0.25) is 0 Å². The number of unbranched alkanes of at least 4 members (excludes halogenated alkanes) is 1. The summed E-state index contributed by atoms with van der Waals surface area (Å²) in [5.41, 5.74) is 0.835. The molecule has 24 heavy (non-hydrogen) atoms. The maximum absolute atomic E-state index is 9.66. The summed E-state index contributed by atoms with van der Waals surface area (Å²) in [5.74, 6) is 1.15. The molecule has 5 heteroatoms. The Hall–Kier alpha value is -1.30. The number of ether oxygens (including phenoxy) is 4. The number of phenols is 1. The third kappa shape index (κ3) is 5.36. The molecular weight excluding hydrogens is 308 g/mol. The Morgan fingerprint density at radius 1 is 1.33 bits per heavy atom. The second kappa shape index (κ2) is 9.87. The van der Waals surface area contributed by atoms with Gasteiger partial charge in [-0.05, 0) is 24.5 Å². The minimum Gasteiger partial charge on any atom is -0.504 e. The van der Waals surface area contributed by atoms with Crippen LogP contribution in [0.5, 0.6) is 11.5 Å². The van der Waals surface area contributed by atoms with Crippen molar-refractivity contribution in [3.05, 3.63) is 23.8 Å². The molecule has 1 saturated heterocycles. The van der Waals surface area contributed by atoms with E-state index in [1.54, 1.807) is 18.2 Å². The minimum atomic E-state index is -0.435. The van der Waals surface area contributed by atoms with Crippen molar-refractivity contribution in [1.29, 1.82) is 0 Å². The van der Waals surface area contributed by atoms with Crippen LogP contribution in [-0.4, -0.2) is 38.1 Å². The summed E-state index contributed by atoms with van der Waals surface area (Å²) >= 11 is 0. The van der Waals surface area contributed by atoms with Gasteiger partial charge in [0.05, 0.1) is 20.3 Å². The van der Waals surface area contributed by atoms with Gasteiger partial charge in [-0.1, -0.05) is 39.2 Å². The predicted octanol–water partition coefficient (Wildman–Crippen LogP) is 4.05. The van der Waals surface area contributed by atoms with Crippen LogP contribution < -0.4 is 4.74 Å². The summed E-state index contributed by atoms with van der Waals surface area (Å²) in [6, 6.07) is 5.11. The second-order valence-electron chi connectivity index (χ2n) is 6.31. The molecular formula is C19H30O5. The number of phenolic OH excluding ortho intramolecular Hbond substituents is 1.